The minimum Gasteiger partial charge on any atom is -0.455 e. The Bertz CT molecular complexity index is 854. The first-order chi connectivity index (χ1) is 13.8. The summed E-state index contributed by atoms with van der Waals surface area (Å²) in [4.78, 5) is 27.4. The van der Waals surface area contributed by atoms with Crippen molar-refractivity contribution in [3.05, 3.63) is 29.3 Å². The van der Waals surface area contributed by atoms with Crippen molar-refractivity contribution in [3.63, 3.8) is 0 Å². The molecule has 7 heteroatoms. The van der Waals surface area contributed by atoms with Crippen LogP contribution in [0.1, 0.15) is 44.9 Å². The van der Waals surface area contributed by atoms with E-state index in [1.54, 1.807) is 24.3 Å². The van der Waals surface area contributed by atoms with Crippen LogP contribution in [0.5, 0.6) is 0 Å². The number of benzene rings is 1. The van der Waals surface area contributed by atoms with Crippen LogP contribution in [0.4, 0.5) is 5.69 Å². The van der Waals surface area contributed by atoms with Gasteiger partial charge in [-0.2, -0.15) is 5.26 Å². The van der Waals surface area contributed by atoms with Crippen LogP contribution in [-0.4, -0.2) is 29.4 Å². The SMILES string of the molecule is N#CCCN(C(=O)COC(=O)C12CC3CC(CC(Br)(C3)C1)C2)c1cccc(Cl)c1. The number of alkyl halides is 1. The second kappa shape index (κ2) is 7.92. The molecule has 0 heterocycles. The predicted molar refractivity (Wildman–Crippen MR) is 114 cm³/mol. The minimum absolute atomic E-state index is 0.0553. The summed E-state index contributed by atoms with van der Waals surface area (Å²) in [5, 5.41) is 9.44. The molecular formula is C22H24BrClN2O3. The van der Waals surface area contributed by atoms with Crippen LogP contribution in [0.3, 0.4) is 0 Å². The fraction of sp³-hybridized carbons (Fsp3) is 0.591. The highest BCUT2D eigenvalue weighted by Gasteiger charge is 2.60. The molecule has 0 spiro atoms. The molecule has 154 valence electrons. The van der Waals surface area contributed by atoms with Crippen LogP contribution in [-0.2, 0) is 14.3 Å². The van der Waals surface area contributed by atoms with Crippen LogP contribution >= 0.6 is 27.5 Å². The monoisotopic (exact) mass is 478 g/mol. The van der Waals surface area contributed by atoms with Crippen molar-refractivity contribution in [2.75, 3.05) is 18.1 Å². The Morgan fingerprint density at radius 1 is 1.28 bits per heavy atom. The van der Waals surface area contributed by atoms with E-state index in [2.05, 4.69) is 22.0 Å². The van der Waals surface area contributed by atoms with E-state index in [0.29, 0.717) is 22.5 Å². The van der Waals surface area contributed by atoms with Crippen molar-refractivity contribution >= 4 is 45.1 Å². The molecule has 0 N–H and O–H groups in total. The zero-order valence-electron chi connectivity index (χ0n) is 16.2. The maximum absolute atomic E-state index is 13.1. The van der Waals surface area contributed by atoms with Gasteiger partial charge in [0.25, 0.3) is 5.91 Å². The second-order valence-corrected chi connectivity index (χ2v) is 11.0. The summed E-state index contributed by atoms with van der Waals surface area (Å²) in [7, 11) is 0. The van der Waals surface area contributed by atoms with Gasteiger partial charge in [0.15, 0.2) is 6.61 Å². The molecule has 2 unspecified atom stereocenters. The van der Waals surface area contributed by atoms with Crippen LogP contribution in [0.15, 0.2) is 24.3 Å². The highest BCUT2D eigenvalue weighted by Crippen LogP contribution is 2.64. The summed E-state index contributed by atoms with van der Waals surface area (Å²) in [5.41, 5.74) is 0.143. The van der Waals surface area contributed by atoms with Crippen molar-refractivity contribution in [1.82, 2.24) is 0 Å². The molecule has 4 saturated carbocycles. The lowest BCUT2D eigenvalue weighted by molar-refractivity contribution is -0.171. The Kier molecular flexibility index (Phi) is 5.65. The molecule has 0 saturated heterocycles. The van der Waals surface area contributed by atoms with Gasteiger partial charge in [0.1, 0.15) is 0 Å². The number of anilines is 1. The molecular weight excluding hydrogens is 456 g/mol. The lowest BCUT2D eigenvalue weighted by Crippen LogP contribution is -2.56. The number of carbonyl (C=O) groups is 2. The molecule has 0 aliphatic heterocycles. The molecule has 1 aromatic rings. The van der Waals surface area contributed by atoms with E-state index in [0.717, 1.165) is 32.1 Å². The van der Waals surface area contributed by atoms with Gasteiger partial charge in [0.2, 0.25) is 0 Å². The molecule has 5 rings (SSSR count). The van der Waals surface area contributed by atoms with E-state index in [1.807, 2.05) is 0 Å². The summed E-state index contributed by atoms with van der Waals surface area (Å²) in [6.45, 7) is -0.0871. The summed E-state index contributed by atoms with van der Waals surface area (Å²) < 4.78 is 5.63. The van der Waals surface area contributed by atoms with E-state index in [-0.39, 0.29) is 35.8 Å². The first kappa shape index (κ1) is 20.7. The van der Waals surface area contributed by atoms with Crippen molar-refractivity contribution < 1.29 is 14.3 Å². The molecule has 29 heavy (non-hydrogen) atoms. The standard InChI is InChI=1S/C22H24BrClN2O3/c23-22-11-15-7-16(12-22)10-21(9-15,14-22)20(28)29-13-19(27)26(6-2-5-25)18-4-1-3-17(24)8-18/h1,3-4,8,15-16H,2,6-7,9-14H2. The van der Waals surface area contributed by atoms with Gasteiger partial charge in [0.05, 0.1) is 17.9 Å². The number of hydrogen-bond donors (Lipinski definition) is 0. The quantitative estimate of drug-likeness (QED) is 0.431. The summed E-state index contributed by atoms with van der Waals surface area (Å²) >= 11 is 9.96. The lowest BCUT2D eigenvalue weighted by atomic mass is 9.49. The number of ether oxygens (including phenoxy) is 1. The number of rotatable bonds is 6. The second-order valence-electron chi connectivity index (χ2n) is 8.90. The molecule has 4 aliphatic rings. The Balaban J connectivity index is 1.44. The third-order valence-corrected chi connectivity index (χ3v) is 7.78. The van der Waals surface area contributed by atoms with Crippen LogP contribution in [0.25, 0.3) is 0 Å². The molecule has 4 fully saturated rings. The highest BCUT2D eigenvalue weighted by molar-refractivity contribution is 9.10. The third kappa shape index (κ3) is 4.18. The van der Waals surface area contributed by atoms with Gasteiger partial charge in [-0.05, 0) is 68.6 Å². The van der Waals surface area contributed by atoms with Crippen molar-refractivity contribution in [2.45, 2.75) is 49.3 Å². The minimum atomic E-state index is -0.457. The van der Waals surface area contributed by atoms with Crippen LogP contribution < -0.4 is 4.90 Å². The molecule has 0 radical (unpaired) electrons. The molecule has 1 amide bonds. The van der Waals surface area contributed by atoms with E-state index in [4.69, 9.17) is 21.6 Å². The topological polar surface area (TPSA) is 70.4 Å². The number of halogens is 2. The first-order valence-corrected chi connectivity index (χ1v) is 11.3. The fourth-order valence-corrected chi connectivity index (χ4v) is 7.59. The largest absolute Gasteiger partial charge is 0.455 e. The third-order valence-electron chi connectivity index (χ3n) is 6.62. The van der Waals surface area contributed by atoms with Crippen molar-refractivity contribution in [3.8, 4) is 6.07 Å². The normalized spacial score (nSPS) is 31.9. The van der Waals surface area contributed by atoms with Gasteiger partial charge >= 0.3 is 5.97 Å². The summed E-state index contributed by atoms with van der Waals surface area (Å²) in [6, 6.07) is 8.96. The lowest BCUT2D eigenvalue weighted by Gasteiger charge is -2.58. The average molecular weight is 480 g/mol. The van der Waals surface area contributed by atoms with Gasteiger partial charge in [-0.25, -0.2) is 0 Å². The van der Waals surface area contributed by atoms with Crippen molar-refractivity contribution in [1.29, 1.82) is 5.26 Å². The van der Waals surface area contributed by atoms with E-state index < -0.39 is 5.41 Å². The van der Waals surface area contributed by atoms with Gasteiger partial charge in [-0.1, -0.05) is 33.6 Å². The summed E-state index contributed by atoms with van der Waals surface area (Å²) in [5.74, 6) is 0.555. The van der Waals surface area contributed by atoms with Gasteiger partial charge in [-0.3, -0.25) is 9.59 Å². The summed E-state index contributed by atoms with van der Waals surface area (Å²) in [6.07, 6.45) is 6.20. The zero-order chi connectivity index (χ0) is 20.6. The van der Waals surface area contributed by atoms with Crippen molar-refractivity contribution in [2.24, 2.45) is 17.3 Å². The Morgan fingerprint density at radius 2 is 2.00 bits per heavy atom. The van der Waals surface area contributed by atoms with E-state index in [1.165, 1.54) is 11.3 Å². The van der Waals surface area contributed by atoms with E-state index >= 15 is 0 Å². The number of nitriles is 1. The van der Waals surface area contributed by atoms with Gasteiger partial charge in [0, 0.05) is 21.6 Å². The van der Waals surface area contributed by atoms with E-state index in [9.17, 15) is 9.59 Å². The number of hydrogen-bond acceptors (Lipinski definition) is 4. The molecule has 4 aliphatic carbocycles. The predicted octanol–water partition coefficient (Wildman–Crippen LogP) is 4.86. The fourth-order valence-electron chi connectivity index (χ4n) is 5.95. The zero-order valence-corrected chi connectivity index (χ0v) is 18.5. The molecule has 2 atom stereocenters. The number of nitrogens with zero attached hydrogens (tertiary/aromatic N) is 2. The highest BCUT2D eigenvalue weighted by atomic mass is 79.9. The number of amides is 1. The average Bonchev–Trinajstić information content (AvgIpc) is 2.64. The molecule has 4 bridgehead atoms. The molecule has 5 nitrogen and oxygen atoms in total. The smallest absolute Gasteiger partial charge is 0.312 e. The number of esters is 1. The molecule has 1 aromatic carbocycles. The Hall–Kier alpha value is -1.58. The Labute approximate surface area is 184 Å². The van der Waals surface area contributed by atoms with Gasteiger partial charge < -0.3 is 9.64 Å². The van der Waals surface area contributed by atoms with Crippen LogP contribution in [0, 0.1) is 28.6 Å². The van der Waals surface area contributed by atoms with Crippen LogP contribution in [0.2, 0.25) is 5.02 Å². The number of carbonyl (C=O) groups excluding carboxylic acids is 2. The molecule has 0 aromatic heterocycles. The Morgan fingerprint density at radius 3 is 2.62 bits per heavy atom. The van der Waals surface area contributed by atoms with Gasteiger partial charge in [-0.15, -0.1) is 0 Å². The first-order valence-electron chi connectivity index (χ1n) is 10.1. The maximum Gasteiger partial charge on any atom is 0.312 e. The maximum atomic E-state index is 13.1.